The lowest BCUT2D eigenvalue weighted by Crippen LogP contribution is -2.18. The van der Waals surface area contributed by atoms with Crippen LogP contribution in [0.1, 0.15) is 0 Å². The Bertz CT molecular complexity index is 839. The molecule has 0 atom stereocenters. The number of halogens is 2. The molecule has 0 aliphatic rings. The van der Waals surface area contributed by atoms with Gasteiger partial charge in [0.15, 0.2) is 9.99 Å². The van der Waals surface area contributed by atoms with Crippen LogP contribution in [0.4, 0.5) is 0 Å². The maximum Gasteiger partial charge on any atom is 0.277 e. The highest BCUT2D eigenvalue weighted by atomic mass is 35.5. The van der Waals surface area contributed by atoms with Crippen LogP contribution in [0.15, 0.2) is 33.7 Å². The Balaban J connectivity index is 2.32. The molecule has 8 heteroatoms. The van der Waals surface area contributed by atoms with Crippen molar-refractivity contribution in [2.75, 3.05) is 6.26 Å². The van der Waals surface area contributed by atoms with Gasteiger partial charge < -0.3 is 0 Å². The second-order valence-corrected chi connectivity index (χ2v) is 6.69. The van der Waals surface area contributed by atoms with Crippen molar-refractivity contribution in [1.29, 1.82) is 0 Å². The van der Waals surface area contributed by atoms with Crippen molar-refractivity contribution in [2.45, 2.75) is 4.34 Å². The van der Waals surface area contributed by atoms with Crippen LogP contribution in [-0.2, 0) is 0 Å². The predicted molar refractivity (Wildman–Crippen MR) is 84.8 cm³/mol. The molecule has 0 aliphatic carbocycles. The normalized spacial score (nSPS) is 11.2. The molecule has 0 bridgehead atoms. The van der Waals surface area contributed by atoms with Crippen molar-refractivity contribution in [2.24, 2.45) is 0 Å². The van der Waals surface area contributed by atoms with E-state index in [0.717, 1.165) is 4.34 Å². The lowest BCUT2D eigenvalue weighted by molar-refractivity contribution is 0.960. The summed E-state index contributed by atoms with van der Waals surface area (Å²) in [6.07, 6.45) is 3.31. The van der Waals surface area contributed by atoms with Gasteiger partial charge >= 0.3 is 0 Å². The Morgan fingerprint density at radius 1 is 1.30 bits per heavy atom. The Hall–Kier alpha value is -1.08. The van der Waals surface area contributed by atoms with Gasteiger partial charge in [-0.25, -0.2) is 9.97 Å². The van der Waals surface area contributed by atoms with E-state index in [2.05, 4.69) is 9.97 Å². The number of hydrogen-bond donors (Lipinski definition) is 0. The third-order valence-electron chi connectivity index (χ3n) is 2.65. The number of thioether (sulfide) groups is 1. The summed E-state index contributed by atoms with van der Waals surface area (Å²) >= 11 is 15.1. The molecule has 0 unspecified atom stereocenters. The first-order chi connectivity index (χ1) is 9.61. The topological polar surface area (TPSA) is 47.8 Å². The summed E-state index contributed by atoms with van der Waals surface area (Å²) in [5.74, 6) is 0. The summed E-state index contributed by atoms with van der Waals surface area (Å²) in [7, 11) is 0. The van der Waals surface area contributed by atoms with Gasteiger partial charge in [-0.15, -0.1) is 11.3 Å². The second kappa shape index (κ2) is 5.37. The fourth-order valence-electron chi connectivity index (χ4n) is 1.76. The Labute approximate surface area is 132 Å². The zero-order valence-corrected chi connectivity index (χ0v) is 13.3. The zero-order chi connectivity index (χ0) is 14.3. The van der Waals surface area contributed by atoms with E-state index in [1.165, 1.54) is 34.0 Å². The maximum absolute atomic E-state index is 12.5. The SMILES string of the molecule is CSc1nc2ncn(-c3c(Cl)cccc3Cl)c(=O)c2s1. The number of nitrogens with zero attached hydrogens (tertiary/aromatic N) is 3. The van der Waals surface area contributed by atoms with E-state index in [0.29, 0.717) is 26.1 Å². The van der Waals surface area contributed by atoms with Crippen molar-refractivity contribution >= 4 is 56.6 Å². The van der Waals surface area contributed by atoms with E-state index in [9.17, 15) is 4.79 Å². The average molecular weight is 344 g/mol. The van der Waals surface area contributed by atoms with Crippen LogP contribution < -0.4 is 5.56 Å². The number of hydrogen-bond acceptors (Lipinski definition) is 5. The molecule has 0 N–H and O–H groups in total. The lowest BCUT2D eigenvalue weighted by atomic mass is 10.3. The first-order valence-electron chi connectivity index (χ1n) is 5.48. The van der Waals surface area contributed by atoms with Crippen LogP contribution in [-0.4, -0.2) is 20.8 Å². The summed E-state index contributed by atoms with van der Waals surface area (Å²) in [5.41, 5.74) is 0.668. The molecule has 0 saturated carbocycles. The van der Waals surface area contributed by atoms with Crippen molar-refractivity contribution in [3.63, 3.8) is 0 Å². The van der Waals surface area contributed by atoms with Gasteiger partial charge in [0.1, 0.15) is 11.0 Å². The van der Waals surface area contributed by atoms with Gasteiger partial charge in [0.2, 0.25) is 0 Å². The van der Waals surface area contributed by atoms with E-state index in [-0.39, 0.29) is 5.56 Å². The van der Waals surface area contributed by atoms with E-state index in [1.54, 1.807) is 18.2 Å². The maximum atomic E-state index is 12.5. The van der Waals surface area contributed by atoms with Crippen LogP contribution in [0, 0.1) is 0 Å². The monoisotopic (exact) mass is 343 g/mol. The number of fused-ring (bicyclic) bond motifs is 1. The van der Waals surface area contributed by atoms with E-state index < -0.39 is 0 Å². The fourth-order valence-corrected chi connectivity index (χ4v) is 3.78. The van der Waals surface area contributed by atoms with E-state index in [4.69, 9.17) is 23.2 Å². The van der Waals surface area contributed by atoms with Gasteiger partial charge in [-0.05, 0) is 18.4 Å². The van der Waals surface area contributed by atoms with Gasteiger partial charge in [0, 0.05) is 0 Å². The van der Waals surface area contributed by atoms with Crippen LogP contribution >= 0.6 is 46.3 Å². The molecule has 0 fully saturated rings. The zero-order valence-electron chi connectivity index (χ0n) is 10.1. The molecule has 1 aromatic carbocycles. The Morgan fingerprint density at radius 3 is 2.65 bits per heavy atom. The molecule has 0 radical (unpaired) electrons. The lowest BCUT2D eigenvalue weighted by Gasteiger charge is -2.08. The first-order valence-corrected chi connectivity index (χ1v) is 8.28. The van der Waals surface area contributed by atoms with E-state index >= 15 is 0 Å². The molecule has 0 spiro atoms. The molecule has 0 saturated heterocycles. The summed E-state index contributed by atoms with van der Waals surface area (Å²) in [6, 6.07) is 5.09. The minimum absolute atomic E-state index is 0.220. The molecule has 102 valence electrons. The standard InChI is InChI=1S/C12H7Cl2N3OS2/c1-19-12-16-10-9(20-12)11(18)17(5-15-10)8-6(13)3-2-4-7(8)14/h2-5H,1H3. The Kier molecular flexibility index (Phi) is 3.72. The smallest absolute Gasteiger partial charge is 0.267 e. The highest BCUT2D eigenvalue weighted by molar-refractivity contribution is 8.00. The number of rotatable bonds is 2. The quantitative estimate of drug-likeness (QED) is 0.662. The number of thiazole rings is 1. The highest BCUT2D eigenvalue weighted by Crippen LogP contribution is 2.29. The average Bonchev–Trinajstić information content (AvgIpc) is 2.85. The second-order valence-electron chi connectivity index (χ2n) is 3.83. The van der Waals surface area contributed by atoms with Crippen molar-refractivity contribution in [3.8, 4) is 5.69 Å². The first kappa shape index (κ1) is 13.9. The molecule has 0 aliphatic heterocycles. The minimum atomic E-state index is -0.220. The van der Waals surface area contributed by atoms with Gasteiger partial charge in [0.05, 0.1) is 15.7 Å². The largest absolute Gasteiger partial charge is 0.277 e. The summed E-state index contributed by atoms with van der Waals surface area (Å²) < 4.78 is 2.65. The molecule has 3 aromatic rings. The van der Waals surface area contributed by atoms with Crippen LogP contribution in [0.3, 0.4) is 0 Å². The van der Waals surface area contributed by atoms with Gasteiger partial charge in [0.25, 0.3) is 5.56 Å². The minimum Gasteiger partial charge on any atom is -0.267 e. The molecule has 0 amide bonds. The van der Waals surface area contributed by atoms with Crippen molar-refractivity contribution < 1.29 is 0 Å². The number of benzene rings is 1. The van der Waals surface area contributed by atoms with Gasteiger partial charge in [-0.2, -0.15) is 0 Å². The highest BCUT2D eigenvalue weighted by Gasteiger charge is 2.14. The predicted octanol–water partition coefficient (Wildman–Crippen LogP) is 3.87. The third-order valence-corrected chi connectivity index (χ3v) is 5.28. The molecule has 2 heterocycles. The molecular weight excluding hydrogens is 337 g/mol. The van der Waals surface area contributed by atoms with Crippen molar-refractivity contribution in [1.82, 2.24) is 14.5 Å². The summed E-state index contributed by atoms with van der Waals surface area (Å²) in [4.78, 5) is 21.0. The third kappa shape index (κ3) is 2.22. The summed E-state index contributed by atoms with van der Waals surface area (Å²) in [6.45, 7) is 0. The molecule has 2 aromatic heterocycles. The summed E-state index contributed by atoms with van der Waals surface area (Å²) in [5, 5.41) is 0.797. The molecule has 3 rings (SSSR count). The van der Waals surface area contributed by atoms with Gasteiger partial charge in [-0.1, -0.05) is 41.0 Å². The van der Waals surface area contributed by atoms with Gasteiger partial charge in [-0.3, -0.25) is 9.36 Å². The fraction of sp³-hybridized carbons (Fsp3) is 0.0833. The molecular formula is C12H7Cl2N3OS2. The number of aromatic nitrogens is 3. The van der Waals surface area contributed by atoms with Crippen LogP contribution in [0.25, 0.3) is 16.0 Å². The molecule has 4 nitrogen and oxygen atoms in total. The number of para-hydroxylation sites is 1. The Morgan fingerprint density at radius 2 is 2.00 bits per heavy atom. The van der Waals surface area contributed by atoms with Crippen LogP contribution in [0.5, 0.6) is 0 Å². The van der Waals surface area contributed by atoms with Crippen LogP contribution in [0.2, 0.25) is 10.0 Å². The molecule has 20 heavy (non-hydrogen) atoms. The van der Waals surface area contributed by atoms with E-state index in [1.807, 2.05) is 6.26 Å². The van der Waals surface area contributed by atoms with Crippen molar-refractivity contribution in [3.05, 3.63) is 44.9 Å².